The molecule has 0 bridgehead atoms. The van der Waals surface area contributed by atoms with Gasteiger partial charge in [-0.15, -0.1) is 0 Å². The van der Waals surface area contributed by atoms with Gasteiger partial charge in [0.25, 0.3) is 0 Å². The number of hydrogen-bond donors (Lipinski definition) is 0. The molecule has 0 aromatic carbocycles. The minimum absolute atomic E-state index is 0. The molecule has 20 heteroatoms. The van der Waals surface area contributed by atoms with Crippen LogP contribution in [-0.4, -0.2) is 45.1 Å². The smallest absolute Gasteiger partial charge is 0.672 e. The van der Waals surface area contributed by atoms with Crippen molar-refractivity contribution >= 4 is 45.1 Å². The van der Waals surface area contributed by atoms with Gasteiger partial charge in [-0.2, -0.15) is 0 Å². The van der Waals surface area contributed by atoms with Crippen molar-refractivity contribution in [2.75, 3.05) is 0 Å². The molecule has 0 atom stereocenters. The van der Waals surface area contributed by atoms with Crippen molar-refractivity contribution < 1.29 is 107 Å². The average molecular weight is 482 g/mol. The first kappa shape index (κ1) is 50.1. The molecular weight excluding hydrogens is 482 g/mol. The molecule has 0 aliphatic rings. The first-order valence-electron chi connectivity index (χ1n) is 2.45. The summed E-state index contributed by atoms with van der Waals surface area (Å²) in [7, 11) is -14.5. The van der Waals surface area contributed by atoms with Gasteiger partial charge in [0.1, 0.15) is 0 Å². The topological polar surface area (TPSA) is 253 Å². The Hall–Kier alpha value is 0.0779. The van der Waals surface area contributed by atoms with E-state index < -0.39 is 36.7 Å². The van der Waals surface area contributed by atoms with Crippen LogP contribution in [0, 0.1) is 0 Å². The average Bonchev–Trinajstić information content (AvgIpc) is 1.76. The van der Waals surface area contributed by atoms with E-state index >= 15 is 0 Å². The van der Waals surface area contributed by atoms with Gasteiger partial charge in [-0.1, -0.05) is 0 Å². The van der Waals surface area contributed by atoms with Gasteiger partial charge in [0.15, 0.2) is 0 Å². The van der Waals surface area contributed by atoms with E-state index in [1.54, 1.807) is 0 Å². The standard InChI is InChI=1S/B.Cr.Fe.Ni.4O3Si/c;;;;4*1-4(2)3/q;2*+3;+2;4*-2. The predicted octanol–water partition coefficient (Wildman–Crippen LogP) is -11.9. The van der Waals surface area contributed by atoms with Crippen LogP contribution in [0.15, 0.2) is 0 Å². The molecule has 0 spiro atoms. The van der Waals surface area contributed by atoms with E-state index in [1.807, 2.05) is 0 Å². The summed E-state index contributed by atoms with van der Waals surface area (Å²) in [5.74, 6) is 0. The first-order chi connectivity index (χ1) is 6.93. The SMILES string of the molecule is O=[Si]([O-])[O-].O=[Si]([O-])[O-].O=[Si]([O-])[O-].O=[Si]([O-])[O-].[B].[Cr+3].[Fe+3].[Ni+2]. The van der Waals surface area contributed by atoms with Gasteiger partial charge >= 0.3 is 50.9 Å². The first-order valence-corrected chi connectivity index (χ1v) is 7.35. The van der Waals surface area contributed by atoms with E-state index in [1.165, 1.54) is 0 Å². The fourth-order valence-corrected chi connectivity index (χ4v) is 0. The summed E-state index contributed by atoms with van der Waals surface area (Å²) in [6, 6.07) is 0. The van der Waals surface area contributed by atoms with E-state index in [9.17, 15) is 0 Å². The van der Waals surface area contributed by atoms with Crippen LogP contribution in [0.25, 0.3) is 0 Å². The third-order valence-electron chi connectivity index (χ3n) is 0. The van der Waals surface area contributed by atoms with Crippen LogP contribution < -0.4 is 38.4 Å². The van der Waals surface area contributed by atoms with Crippen molar-refractivity contribution in [1.82, 2.24) is 0 Å². The predicted molar refractivity (Wildman–Crippen MR) is 31.5 cm³/mol. The van der Waals surface area contributed by atoms with E-state index in [4.69, 9.17) is 56.2 Å². The maximum Gasteiger partial charge on any atom is 3.00 e. The van der Waals surface area contributed by atoms with Gasteiger partial charge in [-0.05, 0) is 0 Å². The van der Waals surface area contributed by atoms with Crippen molar-refractivity contribution in [2.45, 2.75) is 0 Å². The Morgan fingerprint density at radius 2 is 0.500 bits per heavy atom. The van der Waals surface area contributed by atoms with Crippen molar-refractivity contribution in [2.24, 2.45) is 0 Å². The fraction of sp³-hybridized carbons (Fsp3) is 0. The Morgan fingerprint density at radius 1 is 0.500 bits per heavy atom. The summed E-state index contributed by atoms with van der Waals surface area (Å²) >= 11 is 0. The van der Waals surface area contributed by atoms with Crippen LogP contribution in [0.5, 0.6) is 0 Å². The monoisotopic (exact) mass is 481 g/mol. The maximum atomic E-state index is 8.52. The molecule has 0 amide bonds. The molecule has 12 nitrogen and oxygen atoms in total. The quantitative estimate of drug-likeness (QED) is 0.292. The molecule has 20 heavy (non-hydrogen) atoms. The van der Waals surface area contributed by atoms with Gasteiger partial charge < -0.3 is 56.2 Å². The molecule has 0 saturated heterocycles. The summed E-state index contributed by atoms with van der Waals surface area (Å²) in [6.07, 6.45) is 0. The zero-order chi connectivity index (χ0) is 14.3. The summed E-state index contributed by atoms with van der Waals surface area (Å²) < 4.78 is 34.1. The molecule has 0 saturated carbocycles. The molecular formula is BCrFeNiO12Si4. The van der Waals surface area contributed by atoms with Crippen LogP contribution in [0.1, 0.15) is 0 Å². The number of rotatable bonds is 0. The minimum Gasteiger partial charge on any atom is -0.672 e. The second-order valence-electron chi connectivity index (χ2n) is 1.00. The van der Waals surface area contributed by atoms with Gasteiger partial charge in [-0.25, -0.2) is 0 Å². The van der Waals surface area contributed by atoms with Gasteiger partial charge in [0.05, 0.1) is 0 Å². The zero-order valence-corrected chi connectivity index (χ0v) is 15.9. The van der Waals surface area contributed by atoms with Crippen molar-refractivity contribution in [3.63, 3.8) is 0 Å². The van der Waals surface area contributed by atoms with Crippen LogP contribution in [0.2, 0.25) is 0 Å². The summed E-state index contributed by atoms with van der Waals surface area (Å²) in [6.45, 7) is 0. The largest absolute Gasteiger partial charge is 3.00 e. The van der Waals surface area contributed by atoms with Crippen LogP contribution in [0.3, 0.4) is 0 Å². The Kier molecular flexibility index (Phi) is 107. The summed E-state index contributed by atoms with van der Waals surface area (Å²) in [5, 5.41) is 0. The van der Waals surface area contributed by atoms with Gasteiger partial charge in [0, 0.05) is 45.1 Å². The molecule has 0 fully saturated rings. The fourth-order valence-electron chi connectivity index (χ4n) is 0. The molecule has 0 heterocycles. The summed E-state index contributed by atoms with van der Waals surface area (Å²) in [4.78, 5) is 68.1. The summed E-state index contributed by atoms with van der Waals surface area (Å²) in [5.41, 5.74) is 0. The van der Waals surface area contributed by atoms with Gasteiger partial charge in [0.2, 0.25) is 0 Å². The molecule has 0 aromatic rings. The third-order valence-corrected chi connectivity index (χ3v) is 0. The van der Waals surface area contributed by atoms with E-state index in [0.717, 1.165) is 0 Å². The Bertz CT molecular complexity index is 175. The van der Waals surface area contributed by atoms with Crippen LogP contribution in [-0.2, 0) is 68.8 Å². The maximum absolute atomic E-state index is 8.52. The van der Waals surface area contributed by atoms with Crippen LogP contribution in [0.4, 0.5) is 0 Å². The van der Waals surface area contributed by atoms with Crippen molar-refractivity contribution in [3.05, 3.63) is 0 Å². The third kappa shape index (κ3) is 868000. The normalized spacial score (nSPS) is 4.80. The Morgan fingerprint density at radius 3 is 0.500 bits per heavy atom. The van der Waals surface area contributed by atoms with Crippen LogP contribution >= 0.6 is 0 Å². The molecule has 0 aromatic heterocycles. The van der Waals surface area contributed by atoms with E-state index in [0.29, 0.717) is 0 Å². The van der Waals surface area contributed by atoms with Crippen molar-refractivity contribution in [1.29, 1.82) is 0 Å². The Labute approximate surface area is 151 Å². The van der Waals surface area contributed by atoms with E-state index in [-0.39, 0.29) is 59.3 Å². The Balaban J connectivity index is -0.0000000150. The number of hydrogen-bond acceptors (Lipinski definition) is 12. The molecule has 115 valence electrons. The molecule has 5 radical (unpaired) electrons. The minimum atomic E-state index is -3.63. The molecule has 0 aliphatic carbocycles. The molecule has 0 rings (SSSR count). The molecule has 0 N–H and O–H groups in total. The molecule has 0 unspecified atom stereocenters. The second-order valence-corrected chi connectivity index (χ2v) is 3.00. The van der Waals surface area contributed by atoms with Crippen molar-refractivity contribution in [3.8, 4) is 0 Å². The second kappa shape index (κ2) is 42.7. The van der Waals surface area contributed by atoms with Gasteiger partial charge in [-0.3, -0.25) is 0 Å². The van der Waals surface area contributed by atoms with E-state index in [2.05, 4.69) is 0 Å². The zero-order valence-electron chi connectivity index (χ0n) is 8.55. The molecule has 0 aliphatic heterocycles.